The second kappa shape index (κ2) is 10.7. The Balaban J connectivity index is 1.70. The summed E-state index contributed by atoms with van der Waals surface area (Å²) in [4.78, 5) is 4.82. The maximum Gasteiger partial charge on any atom is 0.195 e. The van der Waals surface area contributed by atoms with Crippen molar-refractivity contribution >= 4 is 11.6 Å². The van der Waals surface area contributed by atoms with Crippen molar-refractivity contribution in [3.8, 4) is 11.5 Å². The van der Waals surface area contributed by atoms with Gasteiger partial charge in [0.2, 0.25) is 0 Å². The van der Waals surface area contributed by atoms with Gasteiger partial charge in [0.1, 0.15) is 0 Å². The highest BCUT2D eigenvalue weighted by atomic mass is 16.5. The molecule has 1 aliphatic rings. The van der Waals surface area contributed by atoms with Gasteiger partial charge >= 0.3 is 0 Å². The Labute approximate surface area is 173 Å². The third kappa shape index (κ3) is 5.64. The highest BCUT2D eigenvalue weighted by Gasteiger charge is 2.29. The predicted molar refractivity (Wildman–Crippen MR) is 117 cm³/mol. The average molecular weight is 398 g/mol. The number of guanidine groups is 1. The van der Waals surface area contributed by atoms with Gasteiger partial charge in [-0.3, -0.25) is 4.99 Å². The van der Waals surface area contributed by atoms with Gasteiger partial charge in [0.15, 0.2) is 17.5 Å². The molecule has 0 amide bonds. The van der Waals surface area contributed by atoms with E-state index in [0.29, 0.717) is 24.8 Å². The van der Waals surface area contributed by atoms with E-state index < -0.39 is 0 Å². The fraction of sp³-hybridized carbons (Fsp3) is 0.435. The Morgan fingerprint density at radius 2 is 1.97 bits per heavy atom. The van der Waals surface area contributed by atoms with E-state index in [0.717, 1.165) is 37.0 Å². The molecule has 2 aromatic carbocycles. The van der Waals surface area contributed by atoms with Crippen LogP contribution in [0.4, 0.5) is 5.69 Å². The first-order valence-corrected chi connectivity index (χ1v) is 10.3. The molecule has 29 heavy (non-hydrogen) atoms. The zero-order valence-corrected chi connectivity index (χ0v) is 17.5. The van der Waals surface area contributed by atoms with Crippen LogP contribution in [0.2, 0.25) is 0 Å². The predicted octanol–water partition coefficient (Wildman–Crippen LogP) is 4.25. The van der Waals surface area contributed by atoms with E-state index >= 15 is 0 Å². The molecule has 0 aromatic heterocycles. The molecular formula is C23H31N3O3. The van der Waals surface area contributed by atoms with Crippen LogP contribution in [0.15, 0.2) is 53.5 Å². The van der Waals surface area contributed by atoms with Gasteiger partial charge in [-0.15, -0.1) is 0 Å². The van der Waals surface area contributed by atoms with Crippen LogP contribution in [0.3, 0.4) is 0 Å². The van der Waals surface area contributed by atoms with Crippen LogP contribution in [0.25, 0.3) is 0 Å². The first kappa shape index (κ1) is 21.0. The number of benzene rings is 2. The lowest BCUT2D eigenvalue weighted by Crippen LogP contribution is -2.31. The Bertz CT molecular complexity index is 795. The minimum atomic E-state index is 0.105. The molecule has 0 radical (unpaired) electrons. The van der Waals surface area contributed by atoms with E-state index in [1.807, 2.05) is 31.2 Å². The summed E-state index contributed by atoms with van der Waals surface area (Å²) < 4.78 is 17.0. The number of methoxy groups -OCH3 is 1. The second-order valence-corrected chi connectivity index (χ2v) is 6.89. The lowest BCUT2D eigenvalue weighted by atomic mass is 9.95. The number of rotatable bonds is 8. The van der Waals surface area contributed by atoms with Crippen molar-refractivity contribution in [1.29, 1.82) is 0 Å². The molecule has 3 rings (SSSR count). The Morgan fingerprint density at radius 1 is 1.14 bits per heavy atom. The second-order valence-electron chi connectivity index (χ2n) is 6.89. The summed E-state index contributed by atoms with van der Waals surface area (Å²) >= 11 is 0. The number of nitrogens with zero attached hydrogens (tertiary/aromatic N) is 1. The largest absolute Gasteiger partial charge is 0.493 e. The Kier molecular flexibility index (Phi) is 7.76. The zero-order chi connectivity index (χ0) is 20.5. The van der Waals surface area contributed by atoms with Gasteiger partial charge in [-0.2, -0.15) is 0 Å². The molecule has 1 fully saturated rings. The molecule has 6 heteroatoms. The molecule has 2 aromatic rings. The van der Waals surface area contributed by atoms with Gasteiger partial charge < -0.3 is 24.8 Å². The summed E-state index contributed by atoms with van der Waals surface area (Å²) in [6, 6.07) is 16.2. The summed E-state index contributed by atoms with van der Waals surface area (Å²) in [5.74, 6) is 2.54. The summed E-state index contributed by atoms with van der Waals surface area (Å²) in [6.07, 6.45) is 1.12. The van der Waals surface area contributed by atoms with Crippen LogP contribution < -0.4 is 20.1 Å². The van der Waals surface area contributed by atoms with Crippen molar-refractivity contribution in [2.75, 3.05) is 38.7 Å². The quantitative estimate of drug-likeness (QED) is 0.515. The summed E-state index contributed by atoms with van der Waals surface area (Å²) in [7, 11) is 1.64. The number of anilines is 1. The van der Waals surface area contributed by atoms with Crippen LogP contribution in [-0.4, -0.2) is 39.4 Å². The number of hydrogen-bond donors (Lipinski definition) is 2. The first-order valence-electron chi connectivity index (χ1n) is 10.3. The molecular weight excluding hydrogens is 366 g/mol. The molecule has 0 spiro atoms. The van der Waals surface area contributed by atoms with Gasteiger partial charge in [0.25, 0.3) is 0 Å². The maximum absolute atomic E-state index is 5.99. The lowest BCUT2D eigenvalue weighted by Gasteiger charge is -2.18. The molecule has 0 bridgehead atoms. The van der Waals surface area contributed by atoms with Crippen molar-refractivity contribution in [2.24, 2.45) is 10.9 Å². The molecule has 0 aliphatic carbocycles. The van der Waals surface area contributed by atoms with E-state index in [1.54, 1.807) is 7.11 Å². The number of hydrogen-bond acceptors (Lipinski definition) is 4. The molecule has 2 atom stereocenters. The van der Waals surface area contributed by atoms with E-state index in [1.165, 1.54) is 5.56 Å². The van der Waals surface area contributed by atoms with Crippen molar-refractivity contribution in [3.05, 3.63) is 54.1 Å². The van der Waals surface area contributed by atoms with E-state index in [9.17, 15) is 0 Å². The van der Waals surface area contributed by atoms with Gasteiger partial charge in [0.05, 0.1) is 19.8 Å². The van der Waals surface area contributed by atoms with Crippen LogP contribution in [0.5, 0.6) is 11.5 Å². The smallest absolute Gasteiger partial charge is 0.195 e. The Hall–Kier alpha value is -2.73. The van der Waals surface area contributed by atoms with Crippen LogP contribution in [-0.2, 0) is 4.74 Å². The topological polar surface area (TPSA) is 64.1 Å². The van der Waals surface area contributed by atoms with Gasteiger partial charge in [0, 0.05) is 37.4 Å². The van der Waals surface area contributed by atoms with E-state index in [-0.39, 0.29) is 6.10 Å². The first-order chi connectivity index (χ1) is 14.2. The van der Waals surface area contributed by atoms with Gasteiger partial charge in [-0.1, -0.05) is 30.3 Å². The Morgan fingerprint density at radius 3 is 2.69 bits per heavy atom. The van der Waals surface area contributed by atoms with Crippen molar-refractivity contribution in [3.63, 3.8) is 0 Å². The average Bonchev–Trinajstić information content (AvgIpc) is 3.22. The lowest BCUT2D eigenvalue weighted by molar-refractivity contribution is 0.0926. The molecule has 2 unspecified atom stereocenters. The van der Waals surface area contributed by atoms with E-state index in [4.69, 9.17) is 19.2 Å². The molecule has 1 aliphatic heterocycles. The SMILES string of the molecule is CCNC(=NCC1CCOC1c1ccccc1)Nc1ccc(OCC)c(OC)c1. The van der Waals surface area contributed by atoms with Gasteiger partial charge in [-0.25, -0.2) is 0 Å². The summed E-state index contributed by atoms with van der Waals surface area (Å²) in [6.45, 7) is 6.86. The third-order valence-corrected chi connectivity index (χ3v) is 4.90. The number of aliphatic imine (C=N–C) groups is 1. The molecule has 0 saturated carbocycles. The van der Waals surface area contributed by atoms with Gasteiger partial charge in [-0.05, 0) is 38.0 Å². The van der Waals surface area contributed by atoms with Crippen LogP contribution in [0.1, 0.15) is 31.9 Å². The van der Waals surface area contributed by atoms with Crippen LogP contribution >= 0.6 is 0 Å². The van der Waals surface area contributed by atoms with Crippen LogP contribution in [0, 0.1) is 5.92 Å². The fourth-order valence-electron chi connectivity index (χ4n) is 3.50. The summed E-state index contributed by atoms with van der Waals surface area (Å²) in [5, 5.41) is 6.68. The standard InChI is InChI=1S/C23H31N3O3/c1-4-24-23(26-19-11-12-20(28-5-2)21(15-19)27-3)25-16-18-13-14-29-22(18)17-9-7-6-8-10-17/h6-12,15,18,22H,4-5,13-14,16H2,1-3H3,(H2,24,25,26). The highest BCUT2D eigenvalue weighted by molar-refractivity contribution is 5.93. The van der Waals surface area contributed by atoms with Crippen molar-refractivity contribution < 1.29 is 14.2 Å². The normalized spacial score (nSPS) is 19.1. The fourth-order valence-corrected chi connectivity index (χ4v) is 3.50. The molecule has 1 saturated heterocycles. The number of ether oxygens (including phenoxy) is 3. The molecule has 2 N–H and O–H groups in total. The minimum absolute atomic E-state index is 0.105. The molecule has 1 heterocycles. The molecule has 6 nitrogen and oxygen atoms in total. The maximum atomic E-state index is 5.99. The molecule has 156 valence electrons. The monoisotopic (exact) mass is 397 g/mol. The van der Waals surface area contributed by atoms with Crippen molar-refractivity contribution in [1.82, 2.24) is 5.32 Å². The van der Waals surface area contributed by atoms with Crippen molar-refractivity contribution in [2.45, 2.75) is 26.4 Å². The summed E-state index contributed by atoms with van der Waals surface area (Å²) in [5.41, 5.74) is 2.12. The zero-order valence-electron chi connectivity index (χ0n) is 17.5. The third-order valence-electron chi connectivity index (χ3n) is 4.90. The number of nitrogens with one attached hydrogen (secondary N) is 2. The minimum Gasteiger partial charge on any atom is -0.493 e. The van der Waals surface area contributed by atoms with E-state index in [2.05, 4.69) is 41.8 Å². The highest BCUT2D eigenvalue weighted by Crippen LogP contribution is 2.34.